The molecule has 0 aliphatic carbocycles. The number of hydrogen-bond acceptors (Lipinski definition) is 4. The van der Waals surface area contributed by atoms with E-state index in [4.69, 9.17) is 21.3 Å². The maximum atomic E-state index is 13.8. The Hall–Kier alpha value is -3.64. The number of aromatic nitrogens is 2. The first-order chi connectivity index (χ1) is 17.0. The molecule has 1 heterocycles. The topological polar surface area (TPSA) is 64.4 Å². The SMILES string of the molecule is CCCN(C(=O)c1cccc(OC)c1)C(CC)c1nc2ccccc2c(=O)n1-c1cccc(Cl)c1. The number of methoxy groups -OCH3 is 1. The quantitative estimate of drug-likeness (QED) is 0.302. The molecule has 6 nitrogen and oxygen atoms in total. The molecule has 0 fully saturated rings. The first kappa shape index (κ1) is 24.5. The molecule has 0 radical (unpaired) electrons. The molecule has 0 saturated carbocycles. The Bertz CT molecular complexity index is 1420. The zero-order valence-corrected chi connectivity index (χ0v) is 20.8. The molecule has 0 saturated heterocycles. The van der Waals surface area contributed by atoms with Crippen molar-refractivity contribution in [1.29, 1.82) is 0 Å². The van der Waals surface area contributed by atoms with E-state index in [-0.39, 0.29) is 11.5 Å². The van der Waals surface area contributed by atoms with Gasteiger partial charge in [-0.1, -0.05) is 49.7 Å². The molecule has 180 valence electrons. The lowest BCUT2D eigenvalue weighted by Gasteiger charge is -2.32. The highest BCUT2D eigenvalue weighted by molar-refractivity contribution is 6.30. The van der Waals surface area contributed by atoms with E-state index in [0.29, 0.717) is 51.7 Å². The summed E-state index contributed by atoms with van der Waals surface area (Å²) in [5.74, 6) is 0.973. The van der Waals surface area contributed by atoms with E-state index in [1.54, 1.807) is 65.1 Å². The van der Waals surface area contributed by atoms with Crippen LogP contribution < -0.4 is 10.3 Å². The van der Waals surface area contributed by atoms with Crippen LogP contribution in [0.25, 0.3) is 16.6 Å². The summed E-state index contributed by atoms with van der Waals surface area (Å²) in [7, 11) is 1.57. The Kier molecular flexibility index (Phi) is 7.51. The second kappa shape index (κ2) is 10.7. The molecule has 35 heavy (non-hydrogen) atoms. The van der Waals surface area contributed by atoms with Gasteiger partial charge in [-0.25, -0.2) is 4.98 Å². The van der Waals surface area contributed by atoms with Crippen LogP contribution in [-0.2, 0) is 0 Å². The third-order valence-corrected chi connectivity index (χ3v) is 6.21. The molecular formula is C28H28ClN3O3. The van der Waals surface area contributed by atoms with Gasteiger partial charge in [0.2, 0.25) is 0 Å². The number of rotatable bonds is 8. The summed E-state index contributed by atoms with van der Waals surface area (Å²) in [5, 5.41) is 1.02. The number of benzene rings is 3. The monoisotopic (exact) mass is 489 g/mol. The van der Waals surface area contributed by atoms with Gasteiger partial charge in [0.25, 0.3) is 11.5 Å². The fourth-order valence-corrected chi connectivity index (χ4v) is 4.53. The summed E-state index contributed by atoms with van der Waals surface area (Å²) in [4.78, 5) is 34.2. The minimum absolute atomic E-state index is 0.141. The van der Waals surface area contributed by atoms with Crippen molar-refractivity contribution in [3.63, 3.8) is 0 Å². The fraction of sp³-hybridized carbons (Fsp3) is 0.250. The number of carbonyl (C=O) groups excluding carboxylic acids is 1. The van der Waals surface area contributed by atoms with Crippen molar-refractivity contribution >= 4 is 28.4 Å². The third-order valence-electron chi connectivity index (χ3n) is 5.97. The average Bonchev–Trinajstić information content (AvgIpc) is 2.88. The molecule has 1 aromatic heterocycles. The molecule has 3 aromatic carbocycles. The zero-order chi connectivity index (χ0) is 24.9. The van der Waals surface area contributed by atoms with Gasteiger partial charge in [-0.2, -0.15) is 0 Å². The van der Waals surface area contributed by atoms with E-state index in [2.05, 4.69) is 0 Å². The number of para-hydroxylation sites is 1. The smallest absolute Gasteiger partial charge is 0.266 e. The minimum Gasteiger partial charge on any atom is -0.497 e. The van der Waals surface area contributed by atoms with Gasteiger partial charge in [-0.3, -0.25) is 14.2 Å². The van der Waals surface area contributed by atoms with Gasteiger partial charge in [-0.05, 0) is 61.4 Å². The van der Waals surface area contributed by atoms with E-state index in [9.17, 15) is 9.59 Å². The van der Waals surface area contributed by atoms with Gasteiger partial charge >= 0.3 is 0 Å². The number of carbonyl (C=O) groups is 1. The number of hydrogen-bond donors (Lipinski definition) is 0. The van der Waals surface area contributed by atoms with Crippen LogP contribution in [0.2, 0.25) is 5.02 Å². The van der Waals surface area contributed by atoms with Crippen LogP contribution in [0, 0.1) is 0 Å². The predicted molar refractivity (Wildman–Crippen MR) is 140 cm³/mol. The van der Waals surface area contributed by atoms with Gasteiger partial charge < -0.3 is 9.64 Å². The second-order valence-electron chi connectivity index (χ2n) is 8.26. The zero-order valence-electron chi connectivity index (χ0n) is 20.1. The molecule has 1 unspecified atom stereocenters. The summed E-state index contributed by atoms with van der Waals surface area (Å²) in [6.45, 7) is 4.53. The van der Waals surface area contributed by atoms with Crippen LogP contribution >= 0.6 is 11.6 Å². The summed E-state index contributed by atoms with van der Waals surface area (Å²) in [6, 6.07) is 21.1. The summed E-state index contributed by atoms with van der Waals surface area (Å²) in [5.41, 5.74) is 1.53. The maximum Gasteiger partial charge on any atom is 0.266 e. The van der Waals surface area contributed by atoms with Crippen molar-refractivity contribution in [2.45, 2.75) is 32.7 Å². The summed E-state index contributed by atoms with van der Waals surface area (Å²) >= 11 is 6.29. The molecule has 4 rings (SSSR count). The molecule has 1 amide bonds. The molecular weight excluding hydrogens is 462 g/mol. The van der Waals surface area contributed by atoms with E-state index in [1.807, 2.05) is 38.1 Å². The highest BCUT2D eigenvalue weighted by Gasteiger charge is 2.29. The molecule has 0 bridgehead atoms. The second-order valence-corrected chi connectivity index (χ2v) is 8.70. The van der Waals surface area contributed by atoms with Gasteiger partial charge in [0.05, 0.1) is 29.7 Å². The molecule has 1 atom stereocenters. The third kappa shape index (κ3) is 4.93. The van der Waals surface area contributed by atoms with Crippen molar-refractivity contribution in [2.75, 3.05) is 13.7 Å². The van der Waals surface area contributed by atoms with Crippen LogP contribution in [0.1, 0.15) is 48.9 Å². The number of halogens is 1. The fourth-order valence-electron chi connectivity index (χ4n) is 4.34. The van der Waals surface area contributed by atoms with Crippen molar-refractivity contribution in [3.8, 4) is 11.4 Å². The number of ether oxygens (including phenoxy) is 1. The van der Waals surface area contributed by atoms with Crippen LogP contribution in [0.3, 0.4) is 0 Å². The lowest BCUT2D eigenvalue weighted by Crippen LogP contribution is -2.39. The summed E-state index contributed by atoms with van der Waals surface area (Å²) in [6.07, 6.45) is 1.32. The first-order valence-corrected chi connectivity index (χ1v) is 12.1. The van der Waals surface area contributed by atoms with Crippen LogP contribution in [0.4, 0.5) is 0 Å². The van der Waals surface area contributed by atoms with Crippen molar-refractivity contribution < 1.29 is 9.53 Å². The molecule has 0 aliphatic heterocycles. The maximum absolute atomic E-state index is 13.8. The van der Waals surface area contributed by atoms with Crippen LogP contribution in [0.5, 0.6) is 5.75 Å². The van der Waals surface area contributed by atoms with Crippen molar-refractivity contribution in [1.82, 2.24) is 14.5 Å². The van der Waals surface area contributed by atoms with Crippen molar-refractivity contribution in [3.05, 3.63) is 99.6 Å². The Morgan fingerprint density at radius 3 is 2.54 bits per heavy atom. The Labute approximate surface area is 209 Å². The normalized spacial score (nSPS) is 11.9. The van der Waals surface area contributed by atoms with Crippen molar-refractivity contribution in [2.24, 2.45) is 0 Å². The lowest BCUT2D eigenvalue weighted by molar-refractivity contribution is 0.0659. The highest BCUT2D eigenvalue weighted by Crippen LogP contribution is 2.29. The van der Waals surface area contributed by atoms with Crippen LogP contribution in [0.15, 0.2) is 77.6 Å². The van der Waals surface area contributed by atoms with Gasteiger partial charge in [-0.15, -0.1) is 0 Å². The van der Waals surface area contributed by atoms with Gasteiger partial charge in [0, 0.05) is 17.1 Å². The van der Waals surface area contributed by atoms with Crippen LogP contribution in [-0.4, -0.2) is 34.0 Å². The Morgan fingerprint density at radius 2 is 1.83 bits per heavy atom. The van der Waals surface area contributed by atoms with E-state index in [1.165, 1.54) is 0 Å². The molecule has 0 spiro atoms. The number of nitrogens with zero attached hydrogens (tertiary/aromatic N) is 3. The van der Waals surface area contributed by atoms with E-state index < -0.39 is 6.04 Å². The average molecular weight is 490 g/mol. The largest absolute Gasteiger partial charge is 0.497 e. The first-order valence-electron chi connectivity index (χ1n) is 11.7. The van der Waals surface area contributed by atoms with Gasteiger partial charge in [0.1, 0.15) is 11.6 Å². The minimum atomic E-state index is -0.440. The number of amides is 1. The highest BCUT2D eigenvalue weighted by atomic mass is 35.5. The Balaban J connectivity index is 1.94. The standard InChI is InChI=1S/C28H28ClN3O3/c1-4-16-31(27(33)19-10-8-13-22(17-19)35-3)25(5-2)26-30-24-15-7-6-14-23(24)28(34)32(26)21-12-9-11-20(29)18-21/h6-15,17-18,25H,4-5,16H2,1-3H3. The molecule has 7 heteroatoms. The summed E-state index contributed by atoms with van der Waals surface area (Å²) < 4.78 is 6.91. The van der Waals surface area contributed by atoms with E-state index in [0.717, 1.165) is 6.42 Å². The lowest BCUT2D eigenvalue weighted by atomic mass is 10.1. The number of fused-ring (bicyclic) bond motifs is 1. The molecule has 0 N–H and O–H groups in total. The molecule has 4 aromatic rings. The van der Waals surface area contributed by atoms with Gasteiger partial charge in [0.15, 0.2) is 0 Å². The molecule has 0 aliphatic rings. The predicted octanol–water partition coefficient (Wildman–Crippen LogP) is 6.05. The Morgan fingerprint density at radius 1 is 1.06 bits per heavy atom. The van der Waals surface area contributed by atoms with E-state index >= 15 is 0 Å².